The first-order chi connectivity index (χ1) is 9.17. The molecule has 0 amide bonds. The van der Waals surface area contributed by atoms with Crippen LogP contribution in [0.5, 0.6) is 5.75 Å². The summed E-state index contributed by atoms with van der Waals surface area (Å²) in [6.07, 6.45) is 1.38. The Morgan fingerprint density at radius 1 is 1.42 bits per heavy atom. The van der Waals surface area contributed by atoms with E-state index in [4.69, 9.17) is 4.74 Å². The summed E-state index contributed by atoms with van der Waals surface area (Å²) in [4.78, 5) is 11.0. The normalized spacial score (nSPS) is 11.9. The van der Waals surface area contributed by atoms with Gasteiger partial charge in [0.05, 0.1) is 20.1 Å². The third-order valence-corrected chi connectivity index (χ3v) is 2.86. The molecule has 0 aliphatic rings. The van der Waals surface area contributed by atoms with Gasteiger partial charge in [-0.3, -0.25) is 4.79 Å². The number of carbonyl (C=O) groups excluding carboxylic acids is 1. The second kappa shape index (κ2) is 8.53. The smallest absolute Gasteiger partial charge is 0.308 e. The van der Waals surface area contributed by atoms with Crippen LogP contribution in [0.4, 0.5) is 0 Å². The topological polar surface area (TPSA) is 47.6 Å². The third kappa shape index (κ3) is 5.75. The lowest BCUT2D eigenvalue weighted by Gasteiger charge is -2.15. The molecule has 1 aromatic carbocycles. The van der Waals surface area contributed by atoms with Crippen LogP contribution in [0.25, 0.3) is 0 Å². The van der Waals surface area contributed by atoms with Gasteiger partial charge < -0.3 is 14.8 Å². The molecule has 4 heteroatoms. The van der Waals surface area contributed by atoms with Crippen molar-refractivity contribution in [3.8, 4) is 5.75 Å². The first-order valence-corrected chi connectivity index (χ1v) is 6.70. The maximum Gasteiger partial charge on any atom is 0.308 e. The summed E-state index contributed by atoms with van der Waals surface area (Å²) in [5.41, 5.74) is 1.18. The van der Waals surface area contributed by atoms with Crippen LogP contribution >= 0.6 is 0 Å². The fraction of sp³-hybridized carbons (Fsp3) is 0.533. The van der Waals surface area contributed by atoms with Gasteiger partial charge in [-0.2, -0.15) is 0 Å². The first-order valence-electron chi connectivity index (χ1n) is 6.70. The van der Waals surface area contributed by atoms with Gasteiger partial charge in [-0.15, -0.1) is 0 Å². The molecule has 19 heavy (non-hydrogen) atoms. The van der Waals surface area contributed by atoms with E-state index in [1.165, 1.54) is 12.7 Å². The van der Waals surface area contributed by atoms with Crippen molar-refractivity contribution in [2.75, 3.05) is 20.3 Å². The fourth-order valence-electron chi connectivity index (χ4n) is 1.71. The summed E-state index contributed by atoms with van der Waals surface area (Å²) < 4.78 is 10.1. The van der Waals surface area contributed by atoms with E-state index < -0.39 is 0 Å². The fourth-order valence-corrected chi connectivity index (χ4v) is 1.71. The molecule has 1 rings (SSSR count). The molecule has 0 aliphatic carbocycles. The Kier molecular flexibility index (Phi) is 6.97. The van der Waals surface area contributed by atoms with Crippen molar-refractivity contribution in [2.45, 2.75) is 32.7 Å². The van der Waals surface area contributed by atoms with Crippen LogP contribution in [-0.2, 0) is 9.53 Å². The number of nitrogens with one attached hydrogen (secondary N) is 1. The minimum Gasteiger partial charge on any atom is -0.493 e. The van der Waals surface area contributed by atoms with Crippen LogP contribution < -0.4 is 10.1 Å². The molecule has 4 nitrogen and oxygen atoms in total. The molecular weight excluding hydrogens is 242 g/mol. The predicted octanol–water partition coefficient (Wildman–Crippen LogP) is 2.69. The minimum atomic E-state index is -0.255. The highest BCUT2D eigenvalue weighted by Gasteiger charge is 2.06. The summed E-state index contributed by atoms with van der Waals surface area (Å²) in [5, 5.41) is 3.43. The Bertz CT molecular complexity index is 393. The van der Waals surface area contributed by atoms with Crippen LogP contribution in [-0.4, -0.2) is 26.2 Å². The first kappa shape index (κ1) is 15.5. The average Bonchev–Trinajstić information content (AvgIpc) is 2.44. The van der Waals surface area contributed by atoms with Gasteiger partial charge in [0.2, 0.25) is 0 Å². The quantitative estimate of drug-likeness (QED) is 0.734. The zero-order valence-corrected chi connectivity index (χ0v) is 11.9. The van der Waals surface area contributed by atoms with Gasteiger partial charge >= 0.3 is 5.97 Å². The number of esters is 1. The van der Waals surface area contributed by atoms with E-state index in [-0.39, 0.29) is 12.4 Å². The van der Waals surface area contributed by atoms with E-state index in [9.17, 15) is 4.79 Å². The molecule has 0 saturated carbocycles. The van der Waals surface area contributed by atoms with Gasteiger partial charge in [-0.05, 0) is 37.6 Å². The summed E-state index contributed by atoms with van der Waals surface area (Å²) in [5.74, 6) is 0.528. The van der Waals surface area contributed by atoms with Crippen molar-refractivity contribution < 1.29 is 14.3 Å². The van der Waals surface area contributed by atoms with E-state index in [1.54, 1.807) is 0 Å². The predicted molar refractivity (Wildman–Crippen MR) is 75.3 cm³/mol. The van der Waals surface area contributed by atoms with Gasteiger partial charge in [-0.25, -0.2) is 0 Å². The number of methoxy groups -OCH3 is 1. The number of hydrogen-bond donors (Lipinski definition) is 1. The molecule has 1 unspecified atom stereocenters. The highest BCUT2D eigenvalue weighted by molar-refractivity contribution is 5.69. The molecule has 1 atom stereocenters. The molecule has 0 bridgehead atoms. The number of carbonyl (C=O) groups is 1. The Balaban J connectivity index is 2.49. The highest BCUT2D eigenvalue weighted by Crippen LogP contribution is 2.19. The Morgan fingerprint density at radius 2 is 2.21 bits per heavy atom. The van der Waals surface area contributed by atoms with Gasteiger partial charge in [-0.1, -0.05) is 19.1 Å². The maximum absolute atomic E-state index is 11.0. The lowest BCUT2D eigenvalue weighted by atomic mass is 10.1. The van der Waals surface area contributed by atoms with E-state index in [1.807, 2.05) is 18.2 Å². The summed E-state index contributed by atoms with van der Waals surface area (Å²) >= 11 is 0. The van der Waals surface area contributed by atoms with Gasteiger partial charge in [0, 0.05) is 6.04 Å². The molecule has 0 spiro atoms. The van der Waals surface area contributed by atoms with Crippen molar-refractivity contribution in [1.82, 2.24) is 5.32 Å². The SMILES string of the molecule is CCCNC(C)c1cccc(OCCC(=O)OC)c1. The van der Waals surface area contributed by atoms with E-state index in [0.29, 0.717) is 12.6 Å². The van der Waals surface area contributed by atoms with E-state index >= 15 is 0 Å². The number of ether oxygens (including phenoxy) is 2. The monoisotopic (exact) mass is 265 g/mol. The molecular formula is C15H23NO3. The van der Waals surface area contributed by atoms with Crippen LogP contribution in [0.2, 0.25) is 0 Å². The van der Waals surface area contributed by atoms with Gasteiger partial charge in [0.15, 0.2) is 0 Å². The van der Waals surface area contributed by atoms with Crippen LogP contribution in [0.1, 0.15) is 38.3 Å². The second-order valence-electron chi connectivity index (χ2n) is 4.42. The summed E-state index contributed by atoms with van der Waals surface area (Å²) in [6, 6.07) is 8.23. The molecule has 106 valence electrons. The second-order valence-corrected chi connectivity index (χ2v) is 4.42. The average molecular weight is 265 g/mol. The molecule has 1 N–H and O–H groups in total. The molecule has 0 aliphatic heterocycles. The van der Waals surface area contributed by atoms with Crippen molar-refractivity contribution in [2.24, 2.45) is 0 Å². The maximum atomic E-state index is 11.0. The summed E-state index contributed by atoms with van der Waals surface area (Å²) in [7, 11) is 1.38. The van der Waals surface area contributed by atoms with E-state index in [2.05, 4.69) is 30.0 Å². The van der Waals surface area contributed by atoms with Gasteiger partial charge in [0.1, 0.15) is 5.75 Å². The van der Waals surface area contributed by atoms with Crippen LogP contribution in [0, 0.1) is 0 Å². The van der Waals surface area contributed by atoms with E-state index in [0.717, 1.165) is 18.7 Å². The largest absolute Gasteiger partial charge is 0.493 e. The number of rotatable bonds is 8. The lowest BCUT2D eigenvalue weighted by Crippen LogP contribution is -2.19. The van der Waals surface area contributed by atoms with Crippen LogP contribution in [0.15, 0.2) is 24.3 Å². The lowest BCUT2D eigenvalue weighted by molar-refractivity contribution is -0.141. The molecule has 1 aromatic rings. The summed E-state index contributed by atoms with van der Waals surface area (Å²) in [6.45, 7) is 5.61. The zero-order valence-electron chi connectivity index (χ0n) is 11.9. The number of benzene rings is 1. The van der Waals surface area contributed by atoms with Crippen molar-refractivity contribution in [1.29, 1.82) is 0 Å². The zero-order chi connectivity index (χ0) is 14.1. The van der Waals surface area contributed by atoms with Crippen molar-refractivity contribution in [3.05, 3.63) is 29.8 Å². The standard InChI is InChI=1S/C15H23NO3/c1-4-9-16-12(2)13-6-5-7-14(11-13)19-10-8-15(17)18-3/h5-7,11-12,16H,4,8-10H2,1-3H3. The molecule has 0 radical (unpaired) electrons. The minimum absolute atomic E-state index is 0.255. The molecule has 0 saturated heterocycles. The molecule has 0 heterocycles. The van der Waals surface area contributed by atoms with Crippen LogP contribution in [0.3, 0.4) is 0 Å². The Labute approximate surface area is 115 Å². The van der Waals surface area contributed by atoms with Crippen molar-refractivity contribution >= 4 is 5.97 Å². The molecule has 0 aromatic heterocycles. The van der Waals surface area contributed by atoms with Gasteiger partial charge in [0.25, 0.3) is 0 Å². The molecule has 0 fully saturated rings. The Morgan fingerprint density at radius 3 is 2.89 bits per heavy atom. The Hall–Kier alpha value is -1.55. The highest BCUT2D eigenvalue weighted by atomic mass is 16.5. The van der Waals surface area contributed by atoms with Crippen molar-refractivity contribution in [3.63, 3.8) is 0 Å². The third-order valence-electron chi connectivity index (χ3n) is 2.86. The number of hydrogen-bond acceptors (Lipinski definition) is 4.